The minimum Gasteiger partial charge on any atom is -0.493 e. The second kappa shape index (κ2) is 9.98. The van der Waals surface area contributed by atoms with E-state index in [1.54, 1.807) is 44.6 Å². The van der Waals surface area contributed by atoms with Crippen LogP contribution in [-0.4, -0.2) is 46.6 Å². The molecule has 0 spiro atoms. The predicted octanol–water partition coefficient (Wildman–Crippen LogP) is 2.81. The normalized spacial score (nSPS) is 10.5. The van der Waals surface area contributed by atoms with Gasteiger partial charge in [-0.2, -0.15) is 0 Å². The Morgan fingerprint density at radius 3 is 2.52 bits per heavy atom. The van der Waals surface area contributed by atoms with Gasteiger partial charge in [-0.15, -0.1) is 10.2 Å². The second-order valence-electron chi connectivity index (χ2n) is 6.37. The third-order valence-corrected chi connectivity index (χ3v) is 5.44. The average Bonchev–Trinajstić information content (AvgIpc) is 3.20. The number of hydrogen-bond acceptors (Lipinski definition) is 7. The molecule has 0 bridgehead atoms. The number of ether oxygens (including phenoxy) is 2. The molecule has 2 amide bonds. The first-order valence-electron chi connectivity index (χ1n) is 9.45. The van der Waals surface area contributed by atoms with E-state index in [0.717, 1.165) is 5.56 Å². The maximum absolute atomic E-state index is 12.4. The molecule has 0 saturated heterocycles. The van der Waals surface area contributed by atoms with Gasteiger partial charge in [0.05, 0.1) is 31.2 Å². The number of para-hydroxylation sites is 1. The van der Waals surface area contributed by atoms with Crippen LogP contribution in [0.4, 0.5) is 5.69 Å². The van der Waals surface area contributed by atoms with Crippen molar-refractivity contribution >= 4 is 29.3 Å². The Kier molecular flexibility index (Phi) is 7.14. The molecule has 0 saturated carbocycles. The SMILES string of the molecule is CCn1c(SCC(=O)Nc2ccccc2C(N)=O)nnc1-c1ccc(OC)c(OC)c1. The lowest BCUT2D eigenvalue weighted by Gasteiger charge is -2.11. The lowest BCUT2D eigenvalue weighted by atomic mass is 10.1. The smallest absolute Gasteiger partial charge is 0.250 e. The minimum absolute atomic E-state index is 0.0944. The van der Waals surface area contributed by atoms with E-state index in [2.05, 4.69) is 15.5 Å². The van der Waals surface area contributed by atoms with Crippen LogP contribution >= 0.6 is 11.8 Å². The van der Waals surface area contributed by atoms with Crippen LogP contribution in [0.25, 0.3) is 11.4 Å². The van der Waals surface area contributed by atoms with E-state index in [-0.39, 0.29) is 17.2 Å². The fourth-order valence-corrected chi connectivity index (χ4v) is 3.80. The van der Waals surface area contributed by atoms with Crippen molar-refractivity contribution in [2.75, 3.05) is 25.3 Å². The quantitative estimate of drug-likeness (QED) is 0.490. The van der Waals surface area contributed by atoms with Gasteiger partial charge < -0.3 is 25.1 Å². The monoisotopic (exact) mass is 441 g/mol. The number of rotatable bonds is 9. The Morgan fingerprint density at radius 2 is 1.84 bits per heavy atom. The van der Waals surface area contributed by atoms with E-state index in [4.69, 9.17) is 15.2 Å². The van der Waals surface area contributed by atoms with Crippen LogP contribution in [0.5, 0.6) is 11.5 Å². The zero-order valence-corrected chi connectivity index (χ0v) is 18.2. The average molecular weight is 442 g/mol. The topological polar surface area (TPSA) is 121 Å². The van der Waals surface area contributed by atoms with Crippen molar-refractivity contribution in [3.05, 3.63) is 48.0 Å². The molecule has 9 nitrogen and oxygen atoms in total. The number of hydrogen-bond donors (Lipinski definition) is 2. The number of aromatic nitrogens is 3. The molecular formula is C21H23N5O4S. The number of carbonyl (C=O) groups excluding carboxylic acids is 2. The summed E-state index contributed by atoms with van der Waals surface area (Å²) in [6, 6.07) is 12.1. The molecule has 0 aliphatic rings. The molecule has 0 radical (unpaired) electrons. The molecule has 0 fully saturated rings. The number of thioether (sulfide) groups is 1. The standard InChI is InChI=1S/C21H23N5O4S/c1-4-26-20(13-9-10-16(29-2)17(11-13)30-3)24-25-21(26)31-12-18(27)23-15-8-6-5-7-14(15)19(22)28/h5-11H,4,12H2,1-3H3,(H2,22,28)(H,23,27). The predicted molar refractivity (Wildman–Crippen MR) is 119 cm³/mol. The first-order chi connectivity index (χ1) is 15.0. The first-order valence-corrected chi connectivity index (χ1v) is 10.4. The zero-order chi connectivity index (χ0) is 22.4. The Hall–Kier alpha value is -3.53. The van der Waals surface area contributed by atoms with Gasteiger partial charge in [0.1, 0.15) is 0 Å². The molecule has 2 aromatic carbocycles. The van der Waals surface area contributed by atoms with Crippen molar-refractivity contribution in [3.63, 3.8) is 0 Å². The van der Waals surface area contributed by atoms with Gasteiger partial charge in [0.2, 0.25) is 5.91 Å². The Bertz CT molecular complexity index is 1100. The molecule has 3 aromatic rings. The maximum Gasteiger partial charge on any atom is 0.250 e. The number of primary amides is 1. The number of nitrogens with one attached hydrogen (secondary N) is 1. The van der Waals surface area contributed by atoms with E-state index in [1.165, 1.54) is 11.8 Å². The maximum atomic E-state index is 12.4. The number of amides is 2. The molecular weight excluding hydrogens is 418 g/mol. The van der Waals surface area contributed by atoms with E-state index in [1.807, 2.05) is 23.6 Å². The van der Waals surface area contributed by atoms with Crippen molar-refractivity contribution in [1.29, 1.82) is 0 Å². The highest BCUT2D eigenvalue weighted by Crippen LogP contribution is 2.32. The number of nitrogens with two attached hydrogens (primary N) is 1. The van der Waals surface area contributed by atoms with Gasteiger partial charge in [0, 0.05) is 12.1 Å². The van der Waals surface area contributed by atoms with Gasteiger partial charge >= 0.3 is 0 Å². The molecule has 10 heteroatoms. The molecule has 0 atom stereocenters. The highest BCUT2D eigenvalue weighted by molar-refractivity contribution is 7.99. The highest BCUT2D eigenvalue weighted by Gasteiger charge is 2.17. The summed E-state index contributed by atoms with van der Waals surface area (Å²) >= 11 is 1.25. The summed E-state index contributed by atoms with van der Waals surface area (Å²) in [5.41, 5.74) is 6.81. The number of carbonyl (C=O) groups is 2. The fraction of sp³-hybridized carbons (Fsp3) is 0.238. The van der Waals surface area contributed by atoms with Crippen molar-refractivity contribution in [1.82, 2.24) is 14.8 Å². The molecule has 31 heavy (non-hydrogen) atoms. The van der Waals surface area contributed by atoms with Gasteiger partial charge in [0.15, 0.2) is 22.5 Å². The van der Waals surface area contributed by atoms with Crippen molar-refractivity contribution in [3.8, 4) is 22.9 Å². The minimum atomic E-state index is -0.603. The van der Waals surface area contributed by atoms with Gasteiger partial charge in [-0.05, 0) is 37.3 Å². The molecule has 1 aromatic heterocycles. The van der Waals surface area contributed by atoms with Crippen molar-refractivity contribution in [2.45, 2.75) is 18.6 Å². The number of benzene rings is 2. The molecule has 3 rings (SSSR count). The number of nitrogens with zero attached hydrogens (tertiary/aromatic N) is 3. The van der Waals surface area contributed by atoms with Gasteiger partial charge in [-0.1, -0.05) is 23.9 Å². The van der Waals surface area contributed by atoms with Gasteiger partial charge in [-0.3, -0.25) is 9.59 Å². The molecule has 1 heterocycles. The molecule has 162 valence electrons. The van der Waals surface area contributed by atoms with Crippen LogP contribution in [0.15, 0.2) is 47.6 Å². The van der Waals surface area contributed by atoms with Crippen molar-refractivity contribution < 1.29 is 19.1 Å². The summed E-state index contributed by atoms with van der Waals surface area (Å²) in [6.45, 7) is 2.59. The van der Waals surface area contributed by atoms with Crippen LogP contribution in [0.1, 0.15) is 17.3 Å². The Morgan fingerprint density at radius 1 is 1.10 bits per heavy atom. The van der Waals surface area contributed by atoms with E-state index < -0.39 is 5.91 Å². The third-order valence-electron chi connectivity index (χ3n) is 4.47. The number of methoxy groups -OCH3 is 2. The summed E-state index contributed by atoms with van der Waals surface area (Å²) < 4.78 is 12.6. The van der Waals surface area contributed by atoms with Crippen LogP contribution in [0.2, 0.25) is 0 Å². The summed E-state index contributed by atoms with van der Waals surface area (Å²) in [7, 11) is 3.15. The van der Waals surface area contributed by atoms with Crippen LogP contribution in [0.3, 0.4) is 0 Å². The molecule has 0 aliphatic carbocycles. The summed E-state index contributed by atoms with van der Waals surface area (Å²) in [4.78, 5) is 23.9. The third kappa shape index (κ3) is 4.97. The summed E-state index contributed by atoms with van der Waals surface area (Å²) in [6.07, 6.45) is 0. The van der Waals surface area contributed by atoms with Gasteiger partial charge in [-0.25, -0.2) is 0 Å². The molecule has 3 N–H and O–H groups in total. The largest absolute Gasteiger partial charge is 0.493 e. The summed E-state index contributed by atoms with van der Waals surface area (Å²) in [5.74, 6) is 1.08. The van der Waals surface area contributed by atoms with Crippen LogP contribution in [-0.2, 0) is 11.3 Å². The second-order valence-corrected chi connectivity index (χ2v) is 7.31. The molecule has 0 unspecified atom stereocenters. The van der Waals surface area contributed by atoms with E-state index in [0.29, 0.717) is 34.7 Å². The van der Waals surface area contributed by atoms with Crippen molar-refractivity contribution in [2.24, 2.45) is 5.73 Å². The highest BCUT2D eigenvalue weighted by atomic mass is 32.2. The Labute approximate surface area is 183 Å². The first kappa shape index (κ1) is 22.2. The Balaban J connectivity index is 1.75. The zero-order valence-electron chi connectivity index (χ0n) is 17.4. The lowest BCUT2D eigenvalue weighted by molar-refractivity contribution is -0.113. The van der Waals surface area contributed by atoms with E-state index in [9.17, 15) is 9.59 Å². The van der Waals surface area contributed by atoms with Gasteiger partial charge in [0.25, 0.3) is 5.91 Å². The van der Waals surface area contributed by atoms with Crippen LogP contribution in [0, 0.1) is 0 Å². The number of anilines is 1. The molecule has 0 aliphatic heterocycles. The van der Waals surface area contributed by atoms with E-state index >= 15 is 0 Å². The fourth-order valence-electron chi connectivity index (χ4n) is 2.99. The summed E-state index contributed by atoms with van der Waals surface area (Å²) in [5, 5.41) is 11.8. The van der Waals surface area contributed by atoms with Crippen LogP contribution < -0.4 is 20.5 Å². The lowest BCUT2D eigenvalue weighted by Crippen LogP contribution is -2.19.